The van der Waals surface area contributed by atoms with Crippen LogP contribution in [0.2, 0.25) is 78.6 Å². The number of aromatic nitrogens is 6. The molecule has 6 aromatic heterocycles. The first-order chi connectivity index (χ1) is 44.1. The van der Waals surface area contributed by atoms with Gasteiger partial charge in [-0.15, -0.1) is 0 Å². The van der Waals surface area contributed by atoms with Gasteiger partial charge in [0, 0.05) is 80.0 Å². The first kappa shape index (κ1) is 58.9. The second-order valence-electron chi connectivity index (χ2n) is 29.3. The molecule has 0 bridgehead atoms. The van der Waals surface area contributed by atoms with Crippen LogP contribution >= 0.6 is 0 Å². The maximum Gasteiger partial charge on any atom is 0.0776 e. The summed E-state index contributed by atoms with van der Waals surface area (Å²) in [7, 11) is -6.79. The predicted octanol–water partition coefficient (Wildman–Crippen LogP) is 20.0. The molecular formula is C82H76N6Si4. The Morgan fingerprint density at radius 2 is 0.489 bits per heavy atom. The average molecular weight is 1260 g/mol. The molecule has 0 amide bonds. The van der Waals surface area contributed by atoms with Crippen LogP contribution in [0.3, 0.4) is 0 Å². The Kier molecular flexibility index (Phi) is 14.2. The lowest BCUT2D eigenvalue weighted by atomic mass is 9.83. The summed E-state index contributed by atoms with van der Waals surface area (Å²) in [6, 6.07) is 82.6. The Morgan fingerprint density at radius 3 is 0.728 bits per heavy atom. The third-order valence-corrected chi connectivity index (χ3v) is 27.1. The highest BCUT2D eigenvalue weighted by atomic mass is 28.3. The van der Waals surface area contributed by atoms with Gasteiger partial charge < -0.3 is 9.13 Å². The fraction of sp³-hybridized carbons (Fsp3) is 0.146. The summed E-state index contributed by atoms with van der Waals surface area (Å²) in [5.41, 5.74) is 19.1. The van der Waals surface area contributed by atoms with Gasteiger partial charge >= 0.3 is 0 Å². The van der Waals surface area contributed by atoms with Gasteiger partial charge in [0.05, 0.1) is 77.1 Å². The van der Waals surface area contributed by atoms with Crippen LogP contribution in [-0.4, -0.2) is 61.4 Å². The van der Waals surface area contributed by atoms with Crippen molar-refractivity contribution in [2.75, 3.05) is 0 Å². The van der Waals surface area contributed by atoms with E-state index < -0.39 is 32.3 Å². The highest BCUT2D eigenvalue weighted by Crippen LogP contribution is 2.49. The number of hydrogen-bond donors (Lipinski definition) is 0. The first-order valence-corrected chi connectivity index (χ1v) is 46.3. The summed E-state index contributed by atoms with van der Waals surface area (Å²) >= 11 is 0. The summed E-state index contributed by atoms with van der Waals surface area (Å²) in [5.74, 6) is 0. The maximum absolute atomic E-state index is 5.01. The third kappa shape index (κ3) is 10.5. The molecule has 0 radical (unpaired) electrons. The van der Waals surface area contributed by atoms with Crippen molar-refractivity contribution in [1.29, 1.82) is 0 Å². The van der Waals surface area contributed by atoms with E-state index in [1.54, 1.807) is 0 Å². The van der Waals surface area contributed by atoms with Crippen molar-refractivity contribution in [3.63, 3.8) is 0 Å². The largest absolute Gasteiger partial charge is 0.309 e. The minimum Gasteiger partial charge on any atom is -0.309 e. The molecule has 0 saturated carbocycles. The molecule has 0 saturated heterocycles. The molecule has 0 aliphatic rings. The lowest BCUT2D eigenvalue weighted by Crippen LogP contribution is -2.37. The Morgan fingerprint density at radius 1 is 0.228 bits per heavy atom. The quantitative estimate of drug-likeness (QED) is 0.0903. The highest BCUT2D eigenvalue weighted by Gasteiger charge is 2.28. The molecule has 6 heterocycles. The van der Waals surface area contributed by atoms with E-state index in [9.17, 15) is 0 Å². The number of hydrogen-bond acceptors (Lipinski definition) is 4. The van der Waals surface area contributed by atoms with Crippen LogP contribution < -0.4 is 20.7 Å². The molecule has 450 valence electrons. The molecule has 92 heavy (non-hydrogen) atoms. The highest BCUT2D eigenvalue weighted by molar-refractivity contribution is 6.90. The Balaban J connectivity index is 1.12. The average Bonchev–Trinajstić information content (AvgIpc) is 1.27. The van der Waals surface area contributed by atoms with Crippen LogP contribution in [0.5, 0.6) is 0 Å². The number of pyridine rings is 4. The van der Waals surface area contributed by atoms with Crippen molar-refractivity contribution in [3.8, 4) is 78.7 Å². The fourth-order valence-electron chi connectivity index (χ4n) is 13.8. The number of fused-ring (bicyclic) bond motifs is 8. The standard InChI is InChI=1S/C82H76N6Si4/c1-89(2,3)61-27-33-77-67(49-61)68-50-62(90(4,5)6)28-34-78(68)87(77)59-25-31-65-71(47-59)81(57-43-53(73-21-13-17-37-83-73)41-54(44-57)74-22-14-18-38-84-74)66-32-26-60(88-79-35-29-63(91(7,8)9)51-69(79)70-52-64(92(10,11)12)30-36-80(70)88)48-72(66)82(65)58-45-55(75-23-15-19-39-85-75)42-56(46-58)76-24-16-20-40-86-76/h13-52H,1-12H3. The summed E-state index contributed by atoms with van der Waals surface area (Å²) in [6.07, 6.45) is 7.58. The van der Waals surface area contributed by atoms with Gasteiger partial charge in [0.25, 0.3) is 0 Å². The van der Waals surface area contributed by atoms with Gasteiger partial charge in [-0.05, 0) is 177 Å². The SMILES string of the molecule is C[Si](C)(C)c1ccc2c(c1)c1cc([Si](C)(C)C)ccc1n2-c1ccc2c(-c3cc(-c4ccccn4)cc(-c4ccccn4)c3)c3cc(-n4c5ccc([Si](C)(C)C)cc5c5cc([Si](C)(C)C)ccc54)ccc3c(-c3cc(-c4ccccn4)cc(-c4ccccn4)c3)c2c1. The second-order valence-corrected chi connectivity index (χ2v) is 49.6. The number of nitrogens with zero attached hydrogens (tertiary/aromatic N) is 6. The summed E-state index contributed by atoms with van der Waals surface area (Å²) in [5, 5.41) is 15.6. The summed E-state index contributed by atoms with van der Waals surface area (Å²) in [6.45, 7) is 29.5. The molecule has 10 heteroatoms. The molecule has 0 aliphatic heterocycles. The van der Waals surface area contributed by atoms with Crippen LogP contribution in [-0.2, 0) is 0 Å². The Hall–Kier alpha value is -9.43. The van der Waals surface area contributed by atoms with Gasteiger partial charge in [0.2, 0.25) is 0 Å². The Labute approximate surface area is 544 Å². The third-order valence-electron chi connectivity index (χ3n) is 18.9. The summed E-state index contributed by atoms with van der Waals surface area (Å²) < 4.78 is 5.08. The molecule has 15 aromatic rings. The van der Waals surface area contributed by atoms with Crippen molar-refractivity contribution in [2.24, 2.45) is 0 Å². The monoisotopic (exact) mass is 1260 g/mol. The zero-order chi connectivity index (χ0) is 63.6. The van der Waals surface area contributed by atoms with Gasteiger partial charge in [-0.3, -0.25) is 19.9 Å². The van der Waals surface area contributed by atoms with E-state index in [0.717, 1.165) is 100 Å². The molecule has 0 aliphatic carbocycles. The number of rotatable bonds is 12. The molecule has 15 rings (SSSR count). The van der Waals surface area contributed by atoms with Crippen LogP contribution in [0.25, 0.3) is 144 Å². The summed E-state index contributed by atoms with van der Waals surface area (Å²) in [4.78, 5) is 20.0. The van der Waals surface area contributed by atoms with Gasteiger partial charge in [-0.2, -0.15) is 0 Å². The van der Waals surface area contributed by atoms with Gasteiger partial charge in [-0.1, -0.05) is 184 Å². The zero-order valence-corrected chi connectivity index (χ0v) is 58.8. The molecule has 0 fully saturated rings. The minimum absolute atomic E-state index is 0.898. The predicted molar refractivity (Wildman–Crippen MR) is 406 cm³/mol. The van der Waals surface area contributed by atoms with Crippen LogP contribution in [0.15, 0.2) is 243 Å². The first-order valence-electron chi connectivity index (χ1n) is 32.3. The molecule has 6 nitrogen and oxygen atoms in total. The Bertz CT molecular complexity index is 4820. The van der Waals surface area contributed by atoms with Gasteiger partial charge in [0.1, 0.15) is 0 Å². The smallest absolute Gasteiger partial charge is 0.0776 e. The van der Waals surface area contributed by atoms with E-state index >= 15 is 0 Å². The molecular weight excluding hydrogens is 1180 g/mol. The van der Waals surface area contributed by atoms with Crippen molar-refractivity contribution >= 4 is 118 Å². The maximum atomic E-state index is 5.01. The van der Waals surface area contributed by atoms with E-state index in [4.69, 9.17) is 19.9 Å². The van der Waals surface area contributed by atoms with Crippen LogP contribution in [0.4, 0.5) is 0 Å². The zero-order valence-electron chi connectivity index (χ0n) is 54.8. The van der Waals surface area contributed by atoms with Crippen molar-refractivity contribution in [3.05, 3.63) is 243 Å². The van der Waals surface area contributed by atoms with Crippen molar-refractivity contribution < 1.29 is 0 Å². The van der Waals surface area contributed by atoms with Crippen molar-refractivity contribution in [2.45, 2.75) is 78.6 Å². The lowest BCUT2D eigenvalue weighted by Gasteiger charge is -2.22. The lowest BCUT2D eigenvalue weighted by molar-refractivity contribution is 1.18. The van der Waals surface area contributed by atoms with Crippen LogP contribution in [0, 0.1) is 0 Å². The number of benzene rings is 9. The fourth-order valence-corrected chi connectivity index (χ4v) is 18.5. The van der Waals surface area contributed by atoms with Gasteiger partial charge in [-0.25, -0.2) is 0 Å². The second kappa shape index (κ2) is 22.2. The van der Waals surface area contributed by atoms with E-state index in [-0.39, 0.29) is 0 Å². The van der Waals surface area contributed by atoms with E-state index in [1.807, 2.05) is 49.1 Å². The normalized spacial score (nSPS) is 12.6. The molecule has 0 unspecified atom stereocenters. The topological polar surface area (TPSA) is 61.4 Å². The molecule has 0 N–H and O–H groups in total. The molecule has 9 aromatic carbocycles. The van der Waals surface area contributed by atoms with E-state index in [1.165, 1.54) is 64.4 Å². The van der Waals surface area contributed by atoms with Crippen LogP contribution in [0.1, 0.15) is 0 Å². The van der Waals surface area contributed by atoms with Crippen molar-refractivity contribution in [1.82, 2.24) is 29.1 Å². The van der Waals surface area contributed by atoms with Gasteiger partial charge in [0.15, 0.2) is 0 Å². The van der Waals surface area contributed by atoms with E-state index in [2.05, 4.69) is 282 Å². The molecule has 0 atom stereocenters. The van der Waals surface area contributed by atoms with E-state index in [0.29, 0.717) is 0 Å². The molecule has 0 spiro atoms. The minimum atomic E-state index is -1.70.